The van der Waals surface area contributed by atoms with E-state index >= 15 is 0 Å². The minimum absolute atomic E-state index is 0.00904. The van der Waals surface area contributed by atoms with E-state index in [-0.39, 0.29) is 29.4 Å². The lowest BCUT2D eigenvalue weighted by Crippen LogP contribution is -2.53. The number of nitrogens with one attached hydrogen (secondary N) is 1. The number of hydrogen-bond acceptors (Lipinski definition) is 7. The second-order valence-electron chi connectivity index (χ2n) is 9.52. The summed E-state index contributed by atoms with van der Waals surface area (Å²) in [5.74, 6) is 1.17. The van der Waals surface area contributed by atoms with Gasteiger partial charge < -0.3 is 24.1 Å². The first-order chi connectivity index (χ1) is 17.1. The lowest BCUT2D eigenvalue weighted by Gasteiger charge is -2.39. The van der Waals surface area contributed by atoms with Crippen LogP contribution in [0.5, 0.6) is 11.5 Å². The van der Waals surface area contributed by atoms with E-state index in [9.17, 15) is 9.18 Å². The molecule has 0 amide bonds. The number of rotatable bonds is 6. The van der Waals surface area contributed by atoms with Gasteiger partial charge in [-0.05, 0) is 36.7 Å². The molecular formula is C26H29FN4O4. The molecule has 3 aliphatic heterocycles. The predicted octanol–water partition coefficient (Wildman–Crippen LogP) is 2.28. The second kappa shape index (κ2) is 9.22. The molecule has 3 aliphatic rings. The molecule has 0 saturated carbocycles. The Bertz CT molecular complexity index is 1310. The first kappa shape index (κ1) is 22.5. The second-order valence-corrected chi connectivity index (χ2v) is 9.52. The number of hydrogen-bond donors (Lipinski definition) is 1. The van der Waals surface area contributed by atoms with Crippen LogP contribution in [0, 0.1) is 5.82 Å². The number of aromatic nitrogens is 2. The zero-order valence-electron chi connectivity index (χ0n) is 19.7. The molecule has 3 atom stereocenters. The fourth-order valence-corrected chi connectivity index (χ4v) is 5.67. The molecule has 0 spiro atoms. The van der Waals surface area contributed by atoms with E-state index in [1.165, 1.54) is 12.3 Å². The predicted molar refractivity (Wildman–Crippen MR) is 129 cm³/mol. The minimum Gasteiger partial charge on any atom is -0.486 e. The fraction of sp³-hybridized carbons (Fsp3) is 0.462. The lowest BCUT2D eigenvalue weighted by atomic mass is 9.96. The third-order valence-corrected chi connectivity index (χ3v) is 7.40. The molecule has 1 aromatic carbocycles. The van der Waals surface area contributed by atoms with Gasteiger partial charge in [-0.2, -0.15) is 0 Å². The van der Waals surface area contributed by atoms with Crippen LogP contribution in [-0.2, 0) is 17.8 Å². The number of benzene rings is 1. The van der Waals surface area contributed by atoms with Crippen LogP contribution in [0.4, 0.5) is 4.39 Å². The zero-order valence-corrected chi connectivity index (χ0v) is 19.7. The molecule has 1 fully saturated rings. The fourth-order valence-electron chi connectivity index (χ4n) is 5.67. The summed E-state index contributed by atoms with van der Waals surface area (Å²) in [6, 6.07) is 9.45. The van der Waals surface area contributed by atoms with Crippen molar-refractivity contribution in [2.45, 2.75) is 37.6 Å². The Labute approximate surface area is 202 Å². The monoisotopic (exact) mass is 480 g/mol. The first-order valence-corrected chi connectivity index (χ1v) is 12.2. The van der Waals surface area contributed by atoms with Crippen LogP contribution in [0.1, 0.15) is 23.5 Å². The Kier molecular flexibility index (Phi) is 5.91. The van der Waals surface area contributed by atoms with E-state index < -0.39 is 0 Å². The van der Waals surface area contributed by atoms with Crippen molar-refractivity contribution in [2.24, 2.45) is 0 Å². The Balaban J connectivity index is 1.11. The third kappa shape index (κ3) is 4.17. The number of halogens is 1. The smallest absolute Gasteiger partial charge is 0.251 e. The topological polar surface area (TPSA) is 77.9 Å². The molecular weight excluding hydrogens is 451 g/mol. The summed E-state index contributed by atoms with van der Waals surface area (Å²) in [6.45, 7) is 4.64. The van der Waals surface area contributed by atoms with Gasteiger partial charge >= 0.3 is 0 Å². The number of ether oxygens (including phenoxy) is 3. The van der Waals surface area contributed by atoms with E-state index in [4.69, 9.17) is 14.2 Å². The molecule has 0 unspecified atom stereocenters. The lowest BCUT2D eigenvalue weighted by molar-refractivity contribution is 0.00332. The summed E-state index contributed by atoms with van der Waals surface area (Å²) in [4.78, 5) is 18.9. The standard InChI is InChI=1S/C26H29FN4O4/c1-33-23-15-30(7-6-19(23)28-11-16-2-4-21-22(10-16)35-9-8-34-21)13-17-14-31-24(32)5-3-20-26(31)25(17)18(27)12-29-20/h2-5,10,12,17,19,23,28H,6-9,11,13-15H2,1H3/t17-,19+,23-/m1/s1. The number of methoxy groups -OCH3 is 1. The van der Waals surface area contributed by atoms with Gasteiger partial charge in [-0.3, -0.25) is 14.7 Å². The van der Waals surface area contributed by atoms with Crippen molar-refractivity contribution >= 4 is 11.0 Å². The molecule has 0 aliphatic carbocycles. The van der Waals surface area contributed by atoms with E-state index in [1.54, 1.807) is 17.7 Å². The SMILES string of the molecule is CO[C@@H]1CN(C[C@@H]2Cn3c(=O)ccc4ncc(F)c2c43)CC[C@@H]1NCc1ccc2c(c1)OCCO2. The van der Waals surface area contributed by atoms with Crippen molar-refractivity contribution in [1.82, 2.24) is 19.8 Å². The molecule has 0 bridgehead atoms. The van der Waals surface area contributed by atoms with Gasteiger partial charge in [-0.25, -0.2) is 4.39 Å². The molecule has 6 rings (SSSR count). The highest BCUT2D eigenvalue weighted by Gasteiger charge is 2.34. The van der Waals surface area contributed by atoms with Crippen LogP contribution < -0.4 is 20.3 Å². The van der Waals surface area contributed by atoms with Crippen LogP contribution in [-0.4, -0.2) is 66.6 Å². The summed E-state index contributed by atoms with van der Waals surface area (Å²) < 4.78 is 33.6. The van der Waals surface area contributed by atoms with Crippen molar-refractivity contribution in [3.05, 3.63) is 63.8 Å². The third-order valence-electron chi connectivity index (χ3n) is 7.40. The largest absolute Gasteiger partial charge is 0.486 e. The average Bonchev–Trinajstić information content (AvgIpc) is 3.27. The number of likely N-dealkylation sites (tertiary alicyclic amines) is 1. The molecule has 1 saturated heterocycles. The quantitative estimate of drug-likeness (QED) is 0.580. The van der Waals surface area contributed by atoms with Gasteiger partial charge in [0.15, 0.2) is 11.5 Å². The van der Waals surface area contributed by atoms with Crippen molar-refractivity contribution in [3.8, 4) is 11.5 Å². The van der Waals surface area contributed by atoms with Crippen LogP contribution in [0.15, 0.2) is 41.3 Å². The highest BCUT2D eigenvalue weighted by Crippen LogP contribution is 2.35. The number of piperidine rings is 1. The van der Waals surface area contributed by atoms with Crippen LogP contribution in [0.3, 0.4) is 0 Å². The number of nitrogens with zero attached hydrogens (tertiary/aromatic N) is 3. The Hall–Kier alpha value is -3.01. The van der Waals surface area contributed by atoms with Gasteiger partial charge in [0, 0.05) is 56.9 Å². The van der Waals surface area contributed by atoms with Crippen molar-refractivity contribution in [2.75, 3.05) is 40.0 Å². The van der Waals surface area contributed by atoms with Crippen molar-refractivity contribution in [1.29, 1.82) is 0 Å². The van der Waals surface area contributed by atoms with Crippen molar-refractivity contribution in [3.63, 3.8) is 0 Å². The summed E-state index contributed by atoms with van der Waals surface area (Å²) >= 11 is 0. The number of fused-ring (bicyclic) bond motifs is 1. The van der Waals surface area contributed by atoms with Gasteiger partial charge in [-0.15, -0.1) is 0 Å². The summed E-state index contributed by atoms with van der Waals surface area (Å²) in [5, 5.41) is 3.64. The highest BCUT2D eigenvalue weighted by atomic mass is 19.1. The first-order valence-electron chi connectivity index (χ1n) is 12.2. The normalized spacial score (nSPS) is 23.7. The Morgan fingerprint density at radius 3 is 2.89 bits per heavy atom. The molecule has 8 nitrogen and oxygen atoms in total. The van der Waals surface area contributed by atoms with Gasteiger partial charge in [0.05, 0.1) is 23.3 Å². The van der Waals surface area contributed by atoms with E-state index in [1.807, 2.05) is 12.1 Å². The van der Waals surface area contributed by atoms with Crippen LogP contribution >= 0.6 is 0 Å². The molecule has 5 heterocycles. The summed E-state index contributed by atoms with van der Waals surface area (Å²) in [7, 11) is 1.74. The Morgan fingerprint density at radius 2 is 2.03 bits per heavy atom. The van der Waals surface area contributed by atoms with E-state index in [0.717, 1.165) is 36.6 Å². The van der Waals surface area contributed by atoms with Crippen LogP contribution in [0.2, 0.25) is 0 Å². The zero-order chi connectivity index (χ0) is 23.9. The van der Waals surface area contributed by atoms with Gasteiger partial charge in [0.1, 0.15) is 19.0 Å². The average molecular weight is 481 g/mol. The highest BCUT2D eigenvalue weighted by molar-refractivity contribution is 5.80. The summed E-state index contributed by atoms with van der Waals surface area (Å²) in [6.07, 6.45) is 2.20. The molecule has 35 heavy (non-hydrogen) atoms. The van der Waals surface area contributed by atoms with Gasteiger partial charge in [0.25, 0.3) is 5.56 Å². The maximum Gasteiger partial charge on any atom is 0.251 e. The molecule has 2 aromatic heterocycles. The van der Waals surface area contributed by atoms with Gasteiger partial charge in [-0.1, -0.05) is 6.07 Å². The van der Waals surface area contributed by atoms with E-state index in [2.05, 4.69) is 21.3 Å². The number of pyridine rings is 2. The van der Waals surface area contributed by atoms with E-state index in [0.29, 0.717) is 49.4 Å². The minimum atomic E-state index is -0.335. The molecule has 1 N–H and O–H groups in total. The van der Waals surface area contributed by atoms with Gasteiger partial charge in [0.2, 0.25) is 0 Å². The van der Waals surface area contributed by atoms with Crippen molar-refractivity contribution < 1.29 is 18.6 Å². The molecule has 3 aromatic rings. The molecule has 0 radical (unpaired) electrons. The molecule has 184 valence electrons. The summed E-state index contributed by atoms with van der Waals surface area (Å²) in [5.41, 5.74) is 2.95. The van der Waals surface area contributed by atoms with Crippen LogP contribution in [0.25, 0.3) is 11.0 Å². The maximum absolute atomic E-state index is 14.8. The Morgan fingerprint density at radius 1 is 1.17 bits per heavy atom. The maximum atomic E-state index is 14.8. The molecule has 9 heteroatoms.